The first-order valence-corrected chi connectivity index (χ1v) is 11.5. The van der Waals surface area contributed by atoms with Gasteiger partial charge in [0.25, 0.3) is 0 Å². The Bertz CT molecular complexity index is 1080. The predicted octanol–water partition coefficient (Wildman–Crippen LogP) is 4.68. The maximum atomic E-state index is 12.3. The fourth-order valence-corrected chi connectivity index (χ4v) is 4.24. The number of furan rings is 1. The molecule has 3 aromatic rings. The van der Waals surface area contributed by atoms with E-state index in [4.69, 9.17) is 4.42 Å². The van der Waals surface area contributed by atoms with Crippen molar-refractivity contribution in [3.8, 4) is 0 Å². The van der Waals surface area contributed by atoms with Gasteiger partial charge in [-0.25, -0.2) is 0 Å². The Balaban J connectivity index is 1.23. The summed E-state index contributed by atoms with van der Waals surface area (Å²) >= 11 is 0. The van der Waals surface area contributed by atoms with Crippen LogP contribution < -0.4 is 10.2 Å². The summed E-state index contributed by atoms with van der Waals surface area (Å²) in [5.74, 6) is 1.17. The van der Waals surface area contributed by atoms with Crippen molar-refractivity contribution in [2.75, 3.05) is 36.4 Å². The topological polar surface area (TPSA) is 65.8 Å². The molecule has 2 heterocycles. The molecule has 0 radical (unpaired) electrons. The average Bonchev–Trinajstić information content (AvgIpc) is 3.20. The zero-order valence-corrected chi connectivity index (χ0v) is 19.3. The number of piperazine rings is 1. The molecule has 172 valence electrons. The van der Waals surface area contributed by atoms with Crippen LogP contribution in [0.4, 0.5) is 11.4 Å². The van der Waals surface area contributed by atoms with Crippen LogP contribution in [0, 0.1) is 6.92 Å². The van der Waals surface area contributed by atoms with Crippen molar-refractivity contribution in [3.63, 3.8) is 0 Å². The van der Waals surface area contributed by atoms with Crippen molar-refractivity contribution >= 4 is 23.1 Å². The zero-order valence-electron chi connectivity index (χ0n) is 19.3. The number of nitrogens with one attached hydrogen (secondary N) is 1. The second-order valence-corrected chi connectivity index (χ2v) is 8.58. The van der Waals surface area contributed by atoms with Gasteiger partial charge in [0.1, 0.15) is 11.5 Å². The maximum Gasteiger partial charge on any atom is 0.224 e. The molecular formula is C27H31N3O3. The molecule has 33 heavy (non-hydrogen) atoms. The van der Waals surface area contributed by atoms with Gasteiger partial charge in [0.05, 0.1) is 5.56 Å². The highest BCUT2D eigenvalue weighted by Crippen LogP contribution is 2.21. The lowest BCUT2D eigenvalue weighted by Crippen LogP contribution is -2.45. The third-order valence-electron chi connectivity index (χ3n) is 6.08. The summed E-state index contributed by atoms with van der Waals surface area (Å²) in [6.45, 7) is 8.32. The Morgan fingerprint density at radius 1 is 0.970 bits per heavy atom. The summed E-state index contributed by atoms with van der Waals surface area (Å²) < 4.78 is 5.59. The van der Waals surface area contributed by atoms with Gasteiger partial charge in [-0.3, -0.25) is 14.5 Å². The molecular weight excluding hydrogens is 414 g/mol. The Labute approximate surface area is 195 Å². The largest absolute Gasteiger partial charge is 0.466 e. The fraction of sp³-hybridized carbons (Fsp3) is 0.333. The molecule has 1 aliphatic rings. The second-order valence-electron chi connectivity index (χ2n) is 8.58. The van der Waals surface area contributed by atoms with Crippen molar-refractivity contribution in [1.29, 1.82) is 0 Å². The number of amides is 1. The number of benzene rings is 2. The monoisotopic (exact) mass is 445 g/mol. The molecule has 6 heteroatoms. The summed E-state index contributed by atoms with van der Waals surface area (Å²) in [4.78, 5) is 28.8. The summed E-state index contributed by atoms with van der Waals surface area (Å²) in [6.07, 6.45) is 0.765. The minimum atomic E-state index is -0.0734. The summed E-state index contributed by atoms with van der Waals surface area (Å²) in [5, 5.41) is 2.95. The number of hydrogen-bond donors (Lipinski definition) is 1. The van der Waals surface area contributed by atoms with E-state index in [1.165, 1.54) is 18.2 Å². The Hall–Kier alpha value is -3.38. The molecule has 6 nitrogen and oxygen atoms in total. The van der Waals surface area contributed by atoms with Crippen LogP contribution in [0.2, 0.25) is 0 Å². The molecule has 1 fully saturated rings. The van der Waals surface area contributed by atoms with Crippen LogP contribution in [0.15, 0.2) is 65.1 Å². The molecule has 1 amide bonds. The van der Waals surface area contributed by atoms with Crippen LogP contribution >= 0.6 is 0 Å². The third kappa shape index (κ3) is 6.11. The molecule has 0 saturated carbocycles. The summed E-state index contributed by atoms with van der Waals surface area (Å²) in [5.41, 5.74) is 3.90. The zero-order chi connectivity index (χ0) is 23.2. The van der Waals surface area contributed by atoms with E-state index in [2.05, 4.69) is 57.6 Å². The number of hydrogen-bond acceptors (Lipinski definition) is 5. The number of anilines is 2. The Kier molecular flexibility index (Phi) is 7.25. The molecule has 0 unspecified atom stereocenters. The highest BCUT2D eigenvalue weighted by atomic mass is 16.3. The normalized spacial score (nSPS) is 14.3. The van der Waals surface area contributed by atoms with Crippen molar-refractivity contribution in [2.45, 2.75) is 33.2 Å². The Morgan fingerprint density at radius 3 is 2.30 bits per heavy atom. The number of rotatable bonds is 8. The summed E-state index contributed by atoms with van der Waals surface area (Å²) in [7, 11) is 0. The number of carbonyl (C=O) groups excluding carboxylic acids is 2. The maximum absolute atomic E-state index is 12.3. The SMILES string of the molecule is CC(=O)c1cc(CCC(=O)Nc2ccc(N3CCN(Cc4ccccc4)CC3)cc2)oc1C. The molecule has 1 N–H and O–H groups in total. The molecule has 0 atom stereocenters. The van der Waals surface area contributed by atoms with Gasteiger partial charge < -0.3 is 14.6 Å². The van der Waals surface area contributed by atoms with Crippen molar-refractivity contribution < 1.29 is 14.0 Å². The van der Waals surface area contributed by atoms with Crippen LogP contribution in [0.3, 0.4) is 0 Å². The van der Waals surface area contributed by atoms with Gasteiger partial charge >= 0.3 is 0 Å². The van der Waals surface area contributed by atoms with Gasteiger partial charge in [0, 0.05) is 56.9 Å². The fourth-order valence-electron chi connectivity index (χ4n) is 4.24. The van der Waals surface area contributed by atoms with Crippen molar-refractivity contribution in [1.82, 2.24) is 4.90 Å². The smallest absolute Gasteiger partial charge is 0.224 e. The Morgan fingerprint density at radius 2 is 1.67 bits per heavy atom. The first kappa shape index (κ1) is 22.8. The van der Waals surface area contributed by atoms with Crippen molar-refractivity contribution in [2.24, 2.45) is 0 Å². The predicted molar refractivity (Wildman–Crippen MR) is 131 cm³/mol. The molecule has 0 aliphatic carbocycles. The second kappa shape index (κ2) is 10.5. The minimum Gasteiger partial charge on any atom is -0.466 e. The van der Waals surface area contributed by atoms with E-state index in [1.54, 1.807) is 13.0 Å². The molecule has 1 aromatic heterocycles. The van der Waals surface area contributed by atoms with Crippen LogP contribution in [0.1, 0.15) is 40.8 Å². The molecule has 1 aliphatic heterocycles. The van der Waals surface area contributed by atoms with Crippen LogP contribution in [0.25, 0.3) is 0 Å². The van der Waals surface area contributed by atoms with Gasteiger partial charge in [-0.15, -0.1) is 0 Å². The van der Waals surface area contributed by atoms with E-state index < -0.39 is 0 Å². The van der Waals surface area contributed by atoms with Crippen molar-refractivity contribution in [3.05, 3.63) is 83.3 Å². The van der Waals surface area contributed by atoms with Crippen LogP contribution in [0.5, 0.6) is 0 Å². The molecule has 0 bridgehead atoms. The molecule has 4 rings (SSSR count). The average molecular weight is 446 g/mol. The standard InChI is InChI=1S/C27H31N3O3/c1-20(31)26-18-25(33-21(26)2)12-13-27(32)28-23-8-10-24(11-9-23)30-16-14-29(15-17-30)19-22-6-4-3-5-7-22/h3-11,18H,12-17,19H2,1-2H3,(H,28,32). The lowest BCUT2D eigenvalue weighted by atomic mass is 10.1. The highest BCUT2D eigenvalue weighted by molar-refractivity contribution is 5.95. The van der Waals surface area contributed by atoms with E-state index in [9.17, 15) is 9.59 Å². The van der Waals surface area contributed by atoms with E-state index in [1.807, 2.05) is 12.1 Å². The van der Waals surface area contributed by atoms with Gasteiger partial charge in [0.15, 0.2) is 5.78 Å². The van der Waals surface area contributed by atoms with Gasteiger partial charge in [-0.05, 0) is 49.7 Å². The van der Waals surface area contributed by atoms with Crippen LogP contribution in [-0.4, -0.2) is 42.8 Å². The van der Waals surface area contributed by atoms with Gasteiger partial charge in [-0.2, -0.15) is 0 Å². The quantitative estimate of drug-likeness (QED) is 0.510. The molecule has 2 aromatic carbocycles. The minimum absolute atomic E-state index is 0.0235. The highest BCUT2D eigenvalue weighted by Gasteiger charge is 2.17. The van der Waals surface area contributed by atoms with E-state index in [-0.39, 0.29) is 11.7 Å². The van der Waals surface area contributed by atoms with Gasteiger partial charge in [0.2, 0.25) is 5.91 Å². The summed E-state index contributed by atoms with van der Waals surface area (Å²) in [6, 6.07) is 20.4. The number of carbonyl (C=O) groups is 2. The number of ketones is 1. The molecule has 1 saturated heterocycles. The molecule has 0 spiro atoms. The van der Waals surface area contributed by atoms with E-state index >= 15 is 0 Å². The first-order valence-electron chi connectivity index (χ1n) is 11.5. The number of Topliss-reactive ketones (excluding diaryl/α,β-unsaturated/α-hetero) is 1. The van der Waals surface area contributed by atoms with Gasteiger partial charge in [-0.1, -0.05) is 30.3 Å². The van der Waals surface area contributed by atoms with Crippen LogP contribution in [-0.2, 0) is 17.8 Å². The first-order chi connectivity index (χ1) is 16.0. The van der Waals surface area contributed by atoms with E-state index in [0.29, 0.717) is 29.9 Å². The van der Waals surface area contributed by atoms with E-state index in [0.717, 1.165) is 38.4 Å². The number of nitrogens with zero attached hydrogens (tertiary/aromatic N) is 2. The lowest BCUT2D eigenvalue weighted by molar-refractivity contribution is -0.116. The lowest BCUT2D eigenvalue weighted by Gasteiger charge is -2.36. The number of aryl methyl sites for hydroxylation is 2. The third-order valence-corrected chi connectivity index (χ3v) is 6.08.